The first-order valence-electron chi connectivity index (χ1n) is 12.9. The number of methoxy groups -OCH3 is 2. The number of halogens is 1. The molecule has 2 aliphatic rings. The number of amides is 3. The highest BCUT2D eigenvalue weighted by molar-refractivity contribution is 6.30. The van der Waals surface area contributed by atoms with E-state index in [2.05, 4.69) is 24.5 Å². The molecular formula is C28H37ClN4O4. The minimum absolute atomic E-state index is 0.145. The lowest BCUT2D eigenvalue weighted by atomic mass is 9.95. The third-order valence-corrected chi connectivity index (χ3v) is 7.95. The van der Waals surface area contributed by atoms with Gasteiger partial charge in [-0.25, -0.2) is 4.79 Å². The van der Waals surface area contributed by atoms with Gasteiger partial charge in [0.05, 0.1) is 25.9 Å². The Labute approximate surface area is 224 Å². The zero-order chi connectivity index (χ0) is 26.6. The summed E-state index contributed by atoms with van der Waals surface area (Å²) in [4.78, 5) is 30.4. The van der Waals surface area contributed by atoms with E-state index < -0.39 is 5.66 Å². The van der Waals surface area contributed by atoms with Crippen molar-refractivity contribution in [3.8, 4) is 11.5 Å². The Hall–Kier alpha value is -2.97. The van der Waals surface area contributed by atoms with Gasteiger partial charge < -0.3 is 24.6 Å². The first kappa shape index (κ1) is 27.1. The van der Waals surface area contributed by atoms with Crippen LogP contribution in [0.1, 0.15) is 38.7 Å². The van der Waals surface area contributed by atoms with E-state index in [1.807, 2.05) is 35.2 Å². The summed E-state index contributed by atoms with van der Waals surface area (Å²) in [5.74, 6) is 1.73. The van der Waals surface area contributed by atoms with Crippen LogP contribution in [-0.2, 0) is 11.2 Å². The number of piperidine rings is 1. The number of ether oxygens (including phenoxy) is 2. The number of carbonyl (C=O) groups excluding carboxylic acids is 2. The highest BCUT2D eigenvalue weighted by atomic mass is 35.5. The number of benzene rings is 2. The van der Waals surface area contributed by atoms with Gasteiger partial charge in [-0.3, -0.25) is 10.1 Å². The van der Waals surface area contributed by atoms with Crippen LogP contribution in [0, 0.1) is 5.92 Å². The van der Waals surface area contributed by atoms with Crippen LogP contribution in [0.2, 0.25) is 5.02 Å². The Bertz CT molecular complexity index is 1120. The number of nitrogens with zero attached hydrogens (tertiary/aromatic N) is 2. The molecule has 9 heteroatoms. The van der Waals surface area contributed by atoms with E-state index in [1.165, 1.54) is 0 Å². The summed E-state index contributed by atoms with van der Waals surface area (Å²) < 4.78 is 10.8. The Morgan fingerprint density at radius 3 is 2.54 bits per heavy atom. The summed E-state index contributed by atoms with van der Waals surface area (Å²) in [6, 6.07) is 12.6. The van der Waals surface area contributed by atoms with Gasteiger partial charge >= 0.3 is 6.03 Å². The van der Waals surface area contributed by atoms with E-state index >= 15 is 0 Å². The number of hydrogen-bond acceptors (Lipinski definition) is 5. The van der Waals surface area contributed by atoms with Crippen LogP contribution in [0.25, 0.3) is 0 Å². The highest BCUT2D eigenvalue weighted by Gasteiger charge is 2.52. The lowest BCUT2D eigenvalue weighted by Gasteiger charge is -2.44. The molecule has 0 radical (unpaired) electrons. The molecule has 37 heavy (non-hydrogen) atoms. The Morgan fingerprint density at radius 1 is 1.16 bits per heavy atom. The van der Waals surface area contributed by atoms with E-state index in [0.29, 0.717) is 61.1 Å². The number of nitrogens with one attached hydrogen (secondary N) is 2. The first-order valence-corrected chi connectivity index (χ1v) is 13.3. The van der Waals surface area contributed by atoms with Crippen molar-refractivity contribution in [3.63, 3.8) is 0 Å². The number of hydrogen-bond donors (Lipinski definition) is 2. The van der Waals surface area contributed by atoms with Gasteiger partial charge in [-0.05, 0) is 48.2 Å². The summed E-state index contributed by atoms with van der Waals surface area (Å²) in [6.45, 7) is 5.92. The third kappa shape index (κ3) is 5.80. The van der Waals surface area contributed by atoms with Crippen molar-refractivity contribution in [1.29, 1.82) is 0 Å². The van der Waals surface area contributed by atoms with Crippen LogP contribution in [-0.4, -0.2) is 67.3 Å². The molecule has 0 saturated carbocycles. The molecule has 0 aromatic heterocycles. The highest BCUT2D eigenvalue weighted by Crippen LogP contribution is 2.36. The average Bonchev–Trinajstić information content (AvgIpc) is 3.17. The van der Waals surface area contributed by atoms with Crippen molar-refractivity contribution in [3.05, 3.63) is 53.1 Å². The lowest BCUT2D eigenvalue weighted by molar-refractivity contribution is -0.133. The van der Waals surface area contributed by atoms with Crippen LogP contribution >= 0.6 is 11.6 Å². The SMILES string of the molecule is CC[C@@H](C)[C@@H]1NC2(CCN(C(=O)Nc3cccc(Cl)c3)CC2)N(CCc2ccc(OC)c(OC)c2)C1=O. The molecule has 4 rings (SSSR count). The fourth-order valence-electron chi connectivity index (χ4n) is 5.29. The van der Waals surface area contributed by atoms with Crippen molar-refractivity contribution in [2.24, 2.45) is 5.92 Å². The predicted octanol–water partition coefficient (Wildman–Crippen LogP) is 4.77. The topological polar surface area (TPSA) is 83.1 Å². The number of likely N-dealkylation sites (tertiary alicyclic amines) is 1. The Kier molecular flexibility index (Phi) is 8.49. The maximum atomic E-state index is 13.6. The van der Waals surface area contributed by atoms with E-state index in [1.54, 1.807) is 31.3 Å². The smallest absolute Gasteiger partial charge is 0.321 e. The van der Waals surface area contributed by atoms with Crippen LogP contribution in [0.15, 0.2) is 42.5 Å². The molecule has 0 aliphatic carbocycles. The molecule has 2 heterocycles. The molecule has 0 bridgehead atoms. The summed E-state index contributed by atoms with van der Waals surface area (Å²) in [7, 11) is 3.24. The number of rotatable bonds is 8. The predicted molar refractivity (Wildman–Crippen MR) is 145 cm³/mol. The van der Waals surface area contributed by atoms with Crippen molar-refractivity contribution < 1.29 is 19.1 Å². The summed E-state index contributed by atoms with van der Waals surface area (Å²) in [5, 5.41) is 7.21. The molecule has 200 valence electrons. The van der Waals surface area contributed by atoms with Gasteiger partial charge in [-0.1, -0.05) is 44.0 Å². The standard InChI is InChI=1S/C28H37ClN4O4/c1-5-19(2)25-26(34)33(14-11-20-9-10-23(36-3)24(17-20)37-4)28(31-25)12-15-32(16-13-28)27(35)30-22-8-6-7-21(29)18-22/h6-10,17-19,25,31H,5,11-16H2,1-4H3,(H,30,35)/t19-,25+/m1/s1. The molecular weight excluding hydrogens is 492 g/mol. The van der Waals surface area contributed by atoms with Crippen molar-refractivity contribution in [2.45, 2.75) is 51.2 Å². The Morgan fingerprint density at radius 2 is 1.89 bits per heavy atom. The second-order valence-corrected chi connectivity index (χ2v) is 10.3. The van der Waals surface area contributed by atoms with E-state index in [0.717, 1.165) is 12.0 Å². The second kappa shape index (κ2) is 11.6. The quantitative estimate of drug-likeness (QED) is 0.515. The van der Waals surface area contributed by atoms with E-state index in [9.17, 15) is 9.59 Å². The molecule has 2 aromatic rings. The lowest BCUT2D eigenvalue weighted by Crippen LogP contribution is -2.60. The van der Waals surface area contributed by atoms with Crippen molar-refractivity contribution in [1.82, 2.24) is 15.1 Å². The summed E-state index contributed by atoms with van der Waals surface area (Å²) in [6.07, 6.45) is 2.94. The number of anilines is 1. The molecule has 2 fully saturated rings. The maximum Gasteiger partial charge on any atom is 0.321 e. The van der Waals surface area contributed by atoms with Crippen LogP contribution in [0.3, 0.4) is 0 Å². The molecule has 2 atom stereocenters. The van der Waals surface area contributed by atoms with Gasteiger partial charge in [0, 0.05) is 43.2 Å². The molecule has 2 aliphatic heterocycles. The summed E-state index contributed by atoms with van der Waals surface area (Å²) in [5.41, 5.74) is 1.28. The van der Waals surface area contributed by atoms with Crippen molar-refractivity contribution in [2.75, 3.05) is 39.2 Å². The second-order valence-electron chi connectivity index (χ2n) is 9.90. The minimum atomic E-state index is -0.464. The van der Waals surface area contributed by atoms with Gasteiger partial charge in [-0.15, -0.1) is 0 Å². The molecule has 8 nitrogen and oxygen atoms in total. The average molecular weight is 529 g/mol. The van der Waals surface area contributed by atoms with Crippen molar-refractivity contribution >= 4 is 29.2 Å². The third-order valence-electron chi connectivity index (χ3n) is 7.71. The fourth-order valence-corrected chi connectivity index (χ4v) is 5.48. The van der Waals surface area contributed by atoms with Gasteiger partial charge in [0.2, 0.25) is 5.91 Å². The van der Waals surface area contributed by atoms with Gasteiger partial charge in [0.15, 0.2) is 11.5 Å². The Balaban J connectivity index is 1.47. The number of urea groups is 1. The molecule has 2 aromatic carbocycles. The maximum absolute atomic E-state index is 13.6. The number of carbonyl (C=O) groups is 2. The largest absolute Gasteiger partial charge is 0.493 e. The first-order chi connectivity index (χ1) is 17.8. The monoisotopic (exact) mass is 528 g/mol. The zero-order valence-electron chi connectivity index (χ0n) is 22.1. The van der Waals surface area contributed by atoms with E-state index in [4.69, 9.17) is 21.1 Å². The van der Waals surface area contributed by atoms with E-state index in [-0.39, 0.29) is 23.9 Å². The van der Waals surface area contributed by atoms with Gasteiger partial charge in [0.1, 0.15) is 0 Å². The van der Waals surface area contributed by atoms with Crippen LogP contribution in [0.4, 0.5) is 10.5 Å². The van der Waals surface area contributed by atoms with Crippen LogP contribution < -0.4 is 20.1 Å². The molecule has 0 unspecified atom stereocenters. The van der Waals surface area contributed by atoms with Gasteiger partial charge in [-0.2, -0.15) is 0 Å². The molecule has 3 amide bonds. The zero-order valence-corrected chi connectivity index (χ0v) is 22.8. The molecule has 1 spiro atoms. The minimum Gasteiger partial charge on any atom is -0.493 e. The molecule has 2 N–H and O–H groups in total. The van der Waals surface area contributed by atoms with Crippen LogP contribution in [0.5, 0.6) is 11.5 Å². The summed E-state index contributed by atoms with van der Waals surface area (Å²) >= 11 is 6.06. The molecule has 2 saturated heterocycles. The fraction of sp³-hybridized carbons (Fsp3) is 0.500. The normalized spacial score (nSPS) is 19.7. The van der Waals surface area contributed by atoms with Gasteiger partial charge in [0.25, 0.3) is 0 Å².